The summed E-state index contributed by atoms with van der Waals surface area (Å²) in [5.74, 6) is -1.61. The summed E-state index contributed by atoms with van der Waals surface area (Å²) in [6.07, 6.45) is 5.23. The first-order valence-corrected chi connectivity index (χ1v) is 19.3. The summed E-state index contributed by atoms with van der Waals surface area (Å²) in [5, 5.41) is 3.72. The zero-order valence-corrected chi connectivity index (χ0v) is 34.1. The molecule has 0 saturated heterocycles. The van der Waals surface area contributed by atoms with Crippen LogP contribution in [0, 0.1) is 5.92 Å². The van der Waals surface area contributed by atoms with E-state index >= 15 is 0 Å². The van der Waals surface area contributed by atoms with Gasteiger partial charge < -0.3 is 33.9 Å². The van der Waals surface area contributed by atoms with Crippen molar-refractivity contribution in [1.82, 2.24) is 9.97 Å². The third kappa shape index (κ3) is 16.8. The smallest absolute Gasteiger partial charge is 0.306 e. The van der Waals surface area contributed by atoms with Gasteiger partial charge in [0, 0.05) is 39.3 Å². The van der Waals surface area contributed by atoms with Crippen molar-refractivity contribution in [3.8, 4) is 0 Å². The molecule has 55 heavy (non-hydrogen) atoms. The maximum Gasteiger partial charge on any atom is 0.306 e. The van der Waals surface area contributed by atoms with E-state index in [2.05, 4.69) is 52.2 Å². The number of hydrogen-bond donors (Lipinski definition) is 1. The molecule has 1 N–H and O–H groups in total. The molecule has 0 amide bonds. The van der Waals surface area contributed by atoms with Crippen molar-refractivity contribution in [3.63, 3.8) is 0 Å². The number of nitrogens with zero attached hydrogens (tertiary/aromatic N) is 3. The minimum absolute atomic E-state index is 0.0361. The fourth-order valence-corrected chi connectivity index (χ4v) is 6.29. The molecule has 1 heterocycles. The molecule has 1 fully saturated rings. The second-order valence-electron chi connectivity index (χ2n) is 15.4. The van der Waals surface area contributed by atoms with Crippen molar-refractivity contribution in [3.05, 3.63) is 41.3 Å². The van der Waals surface area contributed by atoms with E-state index in [9.17, 15) is 24.0 Å². The Morgan fingerprint density at radius 2 is 1.53 bits per heavy atom. The van der Waals surface area contributed by atoms with Crippen molar-refractivity contribution in [2.75, 3.05) is 30.0 Å². The number of carbonyl (C=O) groups is 5. The molecule has 3 rings (SSSR count). The molecule has 0 spiro atoms. The first kappa shape index (κ1) is 44.9. The highest BCUT2D eigenvalue weighted by atomic mass is 35.5. The van der Waals surface area contributed by atoms with Crippen LogP contribution >= 0.6 is 11.6 Å². The lowest BCUT2D eigenvalue weighted by atomic mass is 9.90. The monoisotopic (exact) mass is 788 g/mol. The Balaban J connectivity index is 1.65. The van der Waals surface area contributed by atoms with Gasteiger partial charge in [0.1, 0.15) is 35.9 Å². The summed E-state index contributed by atoms with van der Waals surface area (Å²) < 4.78 is 26.5. The predicted octanol–water partition coefficient (Wildman–Crippen LogP) is 7.23. The Kier molecular flexibility index (Phi) is 17.6. The van der Waals surface area contributed by atoms with Gasteiger partial charge in [0.15, 0.2) is 6.10 Å². The quantitative estimate of drug-likeness (QED) is 0.112. The molecule has 1 aromatic carbocycles. The number of nitrogens with one attached hydrogen (secondary N) is 1. The summed E-state index contributed by atoms with van der Waals surface area (Å²) in [5.41, 5.74) is 2.20. The third-order valence-electron chi connectivity index (χ3n) is 8.62. The van der Waals surface area contributed by atoms with Gasteiger partial charge in [-0.15, -0.1) is 0 Å². The van der Waals surface area contributed by atoms with Crippen molar-refractivity contribution >= 4 is 58.6 Å². The number of carbonyl (C=O) groups excluding carboxylic acids is 5. The second-order valence-corrected chi connectivity index (χ2v) is 15.7. The van der Waals surface area contributed by atoms with Gasteiger partial charge in [0.25, 0.3) is 0 Å². The highest BCUT2D eigenvalue weighted by Gasteiger charge is 2.30. The average Bonchev–Trinajstić information content (AvgIpc) is 3.08. The zero-order valence-electron chi connectivity index (χ0n) is 33.4. The lowest BCUT2D eigenvalue weighted by Gasteiger charge is -2.40. The van der Waals surface area contributed by atoms with Crippen LogP contribution in [0.3, 0.4) is 0 Å². The maximum absolute atomic E-state index is 12.8. The highest BCUT2D eigenvalue weighted by molar-refractivity contribution is 6.29. The van der Waals surface area contributed by atoms with E-state index in [1.807, 2.05) is 27.7 Å². The lowest BCUT2D eigenvalue weighted by Crippen LogP contribution is -2.42. The summed E-state index contributed by atoms with van der Waals surface area (Å²) in [6.45, 7) is 14.6. The van der Waals surface area contributed by atoms with E-state index in [1.165, 1.54) is 20.0 Å². The fraction of sp³-hybridized carbons (Fsp3) is 0.625. The third-order valence-corrected chi connectivity index (χ3v) is 8.82. The molecule has 1 aliphatic carbocycles. The molecular formula is C40H57ClN4O10. The van der Waals surface area contributed by atoms with E-state index in [-0.39, 0.29) is 68.1 Å². The van der Waals surface area contributed by atoms with E-state index in [0.29, 0.717) is 24.6 Å². The molecule has 1 aromatic heterocycles. The Morgan fingerprint density at radius 3 is 2.09 bits per heavy atom. The molecule has 0 aliphatic heterocycles. The van der Waals surface area contributed by atoms with E-state index in [1.54, 1.807) is 6.20 Å². The van der Waals surface area contributed by atoms with Gasteiger partial charge in [-0.05, 0) is 82.4 Å². The molecule has 0 radical (unpaired) electrons. The lowest BCUT2D eigenvalue weighted by molar-refractivity contribution is -0.165. The number of halogens is 1. The van der Waals surface area contributed by atoms with Crippen LogP contribution in [0.25, 0.3) is 0 Å². The Morgan fingerprint density at radius 1 is 0.891 bits per heavy atom. The number of rotatable bonds is 19. The van der Waals surface area contributed by atoms with Gasteiger partial charge in [0.05, 0.1) is 30.2 Å². The van der Waals surface area contributed by atoms with Crippen LogP contribution in [0.15, 0.2) is 30.6 Å². The molecular weight excluding hydrogens is 732 g/mol. The van der Waals surface area contributed by atoms with E-state index in [4.69, 9.17) is 35.3 Å². The topological polar surface area (TPSA) is 173 Å². The molecule has 304 valence electrons. The van der Waals surface area contributed by atoms with Crippen molar-refractivity contribution in [2.24, 2.45) is 5.92 Å². The normalized spacial score (nSPS) is 16.2. The van der Waals surface area contributed by atoms with Crippen molar-refractivity contribution < 1.29 is 47.7 Å². The van der Waals surface area contributed by atoms with Crippen LogP contribution in [0.4, 0.5) is 17.2 Å². The fourth-order valence-electron chi connectivity index (χ4n) is 6.19. The zero-order chi connectivity index (χ0) is 40.7. The van der Waals surface area contributed by atoms with E-state index < -0.39 is 35.6 Å². The first-order chi connectivity index (χ1) is 25.9. The molecule has 0 bridgehead atoms. The molecule has 2 aromatic rings. The summed E-state index contributed by atoms with van der Waals surface area (Å²) >= 11 is 6.02. The van der Waals surface area contributed by atoms with E-state index in [0.717, 1.165) is 36.3 Å². The molecule has 1 aliphatic rings. The standard InChI is InChI=1S/C40H57ClN4O10/c1-25(2)22-45(34-17-12-29(26(3)18-39(50)55-40(6,7)8)19-33(34)44-36-21-42-35(41)20-43-36)30-13-15-31(16-14-30)53-37(48)10-9-11-38(49)54-32(23-51-27(4)46)24-52-28(5)47/h12,17,19-21,25-26,30-32H,9-11,13-16,18,22-24H2,1-8H3,(H,43,44)/t26-,30-,31-/m1/s1. The van der Waals surface area contributed by atoms with Crippen LogP contribution in [0.2, 0.25) is 5.15 Å². The van der Waals surface area contributed by atoms with Gasteiger partial charge in [-0.1, -0.05) is 38.4 Å². The number of esters is 5. The van der Waals surface area contributed by atoms with Crippen molar-refractivity contribution in [2.45, 2.75) is 137 Å². The Hall–Kier alpha value is -4.46. The maximum atomic E-state index is 12.8. The number of ether oxygens (including phenoxy) is 5. The van der Waals surface area contributed by atoms with Gasteiger partial charge in [-0.2, -0.15) is 0 Å². The van der Waals surface area contributed by atoms with Crippen LogP contribution < -0.4 is 10.2 Å². The highest BCUT2D eigenvalue weighted by Crippen LogP contribution is 2.38. The SMILES string of the molecule is CC(=O)OCC(COC(C)=O)OC(=O)CCCC(=O)O[C@H]1CC[C@H](N(CC(C)C)c2ccc([C@H](C)CC(=O)OC(C)(C)C)cc2Nc2cnc(Cl)cn2)CC1. The number of benzene rings is 1. The van der Waals surface area contributed by atoms with Gasteiger partial charge in [-0.3, -0.25) is 24.0 Å². The molecule has 14 nitrogen and oxygen atoms in total. The minimum atomic E-state index is -0.943. The number of anilines is 3. The number of aromatic nitrogens is 2. The van der Waals surface area contributed by atoms with Crippen LogP contribution in [0.5, 0.6) is 0 Å². The Labute approximate surface area is 329 Å². The largest absolute Gasteiger partial charge is 0.462 e. The van der Waals surface area contributed by atoms with Crippen LogP contribution in [0.1, 0.15) is 118 Å². The molecule has 15 heteroatoms. The predicted molar refractivity (Wildman–Crippen MR) is 207 cm³/mol. The van der Waals surface area contributed by atoms with Gasteiger partial charge in [-0.25, -0.2) is 9.97 Å². The first-order valence-electron chi connectivity index (χ1n) is 18.9. The molecule has 1 saturated carbocycles. The van der Waals surface area contributed by atoms with Crippen LogP contribution in [-0.4, -0.2) is 83.4 Å². The number of hydrogen-bond acceptors (Lipinski definition) is 14. The van der Waals surface area contributed by atoms with Crippen molar-refractivity contribution in [1.29, 1.82) is 0 Å². The molecule has 0 unspecified atom stereocenters. The minimum Gasteiger partial charge on any atom is -0.462 e. The molecule has 1 atom stereocenters. The Bertz CT molecular complexity index is 1570. The summed E-state index contributed by atoms with van der Waals surface area (Å²) in [6, 6.07) is 6.36. The average molecular weight is 789 g/mol. The van der Waals surface area contributed by atoms with Crippen LogP contribution in [-0.2, 0) is 47.7 Å². The summed E-state index contributed by atoms with van der Waals surface area (Å²) in [4.78, 5) is 71.2. The van der Waals surface area contributed by atoms with Gasteiger partial charge >= 0.3 is 29.8 Å². The van der Waals surface area contributed by atoms with Gasteiger partial charge in [0.2, 0.25) is 0 Å². The second kappa shape index (κ2) is 21.6. The summed E-state index contributed by atoms with van der Waals surface area (Å²) in [7, 11) is 0.